The third-order valence-corrected chi connectivity index (χ3v) is 3.29. The van der Waals surface area contributed by atoms with Gasteiger partial charge in [-0.25, -0.2) is 0 Å². The molecule has 0 fully saturated rings. The van der Waals surface area contributed by atoms with Gasteiger partial charge in [-0.2, -0.15) is 8.42 Å². The van der Waals surface area contributed by atoms with Crippen LogP contribution in [0.4, 0.5) is 0 Å². The van der Waals surface area contributed by atoms with E-state index in [-0.39, 0.29) is 4.90 Å². The van der Waals surface area contributed by atoms with E-state index in [2.05, 4.69) is 4.18 Å². The van der Waals surface area contributed by atoms with Gasteiger partial charge in [0.05, 0.1) is 12.1 Å². The van der Waals surface area contributed by atoms with Crippen molar-refractivity contribution in [1.29, 1.82) is 0 Å². The Hall–Kier alpha value is -1.44. The highest BCUT2D eigenvalue weighted by Crippen LogP contribution is 2.14. The molecule has 0 saturated heterocycles. The van der Waals surface area contributed by atoms with E-state index in [0.717, 1.165) is 5.56 Å². The fraction of sp³-hybridized carbons (Fsp3) is 0.364. The Labute approximate surface area is 106 Å². The van der Waals surface area contributed by atoms with E-state index in [4.69, 9.17) is 11.5 Å². The molecule has 4 N–H and O–H groups in total. The molecule has 0 aromatic heterocycles. The van der Waals surface area contributed by atoms with Crippen molar-refractivity contribution < 1.29 is 17.4 Å². The van der Waals surface area contributed by atoms with Gasteiger partial charge in [0, 0.05) is 0 Å². The average Bonchev–Trinajstić information content (AvgIpc) is 2.13. The fourth-order valence-corrected chi connectivity index (χ4v) is 2.09. The molecule has 7 heteroatoms. The van der Waals surface area contributed by atoms with Crippen LogP contribution in [0, 0.1) is 6.92 Å². The average molecular weight is 272 g/mol. The summed E-state index contributed by atoms with van der Waals surface area (Å²) in [6.07, 6.45) is -0.391. The van der Waals surface area contributed by atoms with Crippen LogP contribution in [0.3, 0.4) is 0 Å². The quantitative estimate of drug-likeness (QED) is 0.600. The maximum Gasteiger partial charge on any atom is 0.341 e. The molecule has 0 aliphatic rings. The minimum Gasteiger partial charge on any atom is -0.342 e. The van der Waals surface area contributed by atoms with Gasteiger partial charge in [-0.05, 0) is 26.0 Å². The van der Waals surface area contributed by atoms with Gasteiger partial charge in [0.15, 0.2) is 0 Å². The molecule has 100 valence electrons. The molecule has 6 nitrogen and oxygen atoms in total. The maximum atomic E-state index is 11.7. The zero-order valence-electron chi connectivity index (χ0n) is 10.2. The molecule has 0 amide bonds. The Morgan fingerprint density at radius 1 is 1.28 bits per heavy atom. The topological polar surface area (TPSA) is 112 Å². The first-order chi connectivity index (χ1) is 8.10. The van der Waals surface area contributed by atoms with Crippen molar-refractivity contribution in [2.45, 2.75) is 30.8 Å². The van der Waals surface area contributed by atoms with Crippen molar-refractivity contribution in [3.8, 4) is 0 Å². The number of benzene rings is 1. The summed E-state index contributed by atoms with van der Waals surface area (Å²) in [6, 6.07) is 5.94. The van der Waals surface area contributed by atoms with E-state index >= 15 is 0 Å². The molecular weight excluding hydrogens is 256 g/mol. The van der Waals surface area contributed by atoms with Crippen molar-refractivity contribution in [2.24, 2.45) is 11.5 Å². The molecule has 1 rings (SSSR count). The highest BCUT2D eigenvalue weighted by Gasteiger charge is 2.24. The summed E-state index contributed by atoms with van der Waals surface area (Å²) in [5.41, 5.74) is 10.4. The number of aryl methyl sites for hydroxylation is 1. The first-order valence-corrected chi connectivity index (χ1v) is 6.63. The van der Waals surface area contributed by atoms with E-state index in [9.17, 15) is 13.2 Å². The normalized spacial score (nSPS) is 12.2. The standard InChI is InChI=1S/C11H16N2O4S/c1-8-3-5-9(6-4-8)18(15,16)17-10(14)7-11(2,12)13/h3-6H,7,12-13H2,1-2H3. The summed E-state index contributed by atoms with van der Waals surface area (Å²) in [4.78, 5) is 11.3. The van der Waals surface area contributed by atoms with Crippen molar-refractivity contribution in [2.75, 3.05) is 0 Å². The van der Waals surface area contributed by atoms with Gasteiger partial charge in [0.25, 0.3) is 0 Å². The molecule has 0 saturated carbocycles. The largest absolute Gasteiger partial charge is 0.342 e. The number of nitrogens with two attached hydrogens (primary N) is 2. The molecule has 0 aliphatic carbocycles. The number of rotatable bonds is 4. The summed E-state index contributed by atoms with van der Waals surface area (Å²) >= 11 is 0. The lowest BCUT2D eigenvalue weighted by Crippen LogP contribution is -2.48. The third kappa shape index (κ3) is 4.44. The minimum absolute atomic E-state index is 0.0859. The first kappa shape index (κ1) is 14.6. The maximum absolute atomic E-state index is 11.7. The van der Waals surface area contributed by atoms with Gasteiger partial charge in [0.2, 0.25) is 0 Å². The SMILES string of the molecule is Cc1ccc(S(=O)(=O)OC(=O)CC(C)(N)N)cc1. The molecule has 0 unspecified atom stereocenters. The molecule has 0 bridgehead atoms. The van der Waals surface area contributed by atoms with Crippen molar-refractivity contribution in [3.63, 3.8) is 0 Å². The zero-order chi connectivity index (χ0) is 14.0. The van der Waals surface area contributed by atoms with Gasteiger partial charge in [0.1, 0.15) is 4.90 Å². The summed E-state index contributed by atoms with van der Waals surface area (Å²) in [5.74, 6) is -0.983. The predicted molar refractivity (Wildman–Crippen MR) is 65.9 cm³/mol. The van der Waals surface area contributed by atoms with E-state index in [1.165, 1.54) is 19.1 Å². The molecular formula is C11H16N2O4S. The Balaban J connectivity index is 2.83. The second-order valence-corrected chi connectivity index (χ2v) is 5.95. The number of hydrogen-bond acceptors (Lipinski definition) is 6. The lowest BCUT2D eigenvalue weighted by molar-refractivity contribution is -0.134. The van der Waals surface area contributed by atoms with Gasteiger partial charge in [-0.15, -0.1) is 0 Å². The van der Waals surface area contributed by atoms with Crippen LogP contribution in [-0.4, -0.2) is 20.0 Å². The van der Waals surface area contributed by atoms with Crippen LogP contribution < -0.4 is 11.5 Å². The zero-order valence-corrected chi connectivity index (χ0v) is 11.0. The van der Waals surface area contributed by atoms with Crippen LogP contribution in [0.15, 0.2) is 29.2 Å². The minimum atomic E-state index is -4.11. The number of carbonyl (C=O) groups is 1. The second kappa shape index (κ2) is 5.05. The van der Waals surface area contributed by atoms with E-state index in [0.29, 0.717) is 0 Å². The monoisotopic (exact) mass is 272 g/mol. The Kier molecular flexibility index (Phi) is 4.10. The molecule has 0 radical (unpaired) electrons. The molecule has 0 atom stereocenters. The Morgan fingerprint density at radius 2 is 1.78 bits per heavy atom. The van der Waals surface area contributed by atoms with Crippen LogP contribution in [0.1, 0.15) is 18.9 Å². The van der Waals surface area contributed by atoms with Crippen LogP contribution >= 0.6 is 0 Å². The van der Waals surface area contributed by atoms with E-state index in [1.54, 1.807) is 12.1 Å². The van der Waals surface area contributed by atoms with Crippen LogP contribution in [0.25, 0.3) is 0 Å². The molecule has 1 aromatic carbocycles. The highest BCUT2D eigenvalue weighted by atomic mass is 32.2. The second-order valence-electron chi connectivity index (χ2n) is 4.41. The molecule has 0 heterocycles. The van der Waals surface area contributed by atoms with Crippen molar-refractivity contribution in [3.05, 3.63) is 29.8 Å². The summed E-state index contributed by atoms with van der Waals surface area (Å²) in [7, 11) is -4.11. The number of carbonyl (C=O) groups excluding carboxylic acids is 1. The van der Waals surface area contributed by atoms with Gasteiger partial charge >= 0.3 is 16.1 Å². The van der Waals surface area contributed by atoms with Gasteiger partial charge in [-0.1, -0.05) is 17.7 Å². The summed E-state index contributed by atoms with van der Waals surface area (Å²) in [5, 5.41) is 0. The molecule has 0 spiro atoms. The van der Waals surface area contributed by atoms with Gasteiger partial charge in [-0.3, -0.25) is 4.79 Å². The van der Waals surface area contributed by atoms with Gasteiger partial charge < -0.3 is 15.7 Å². The smallest absolute Gasteiger partial charge is 0.341 e. The third-order valence-electron chi connectivity index (χ3n) is 2.04. The van der Waals surface area contributed by atoms with Crippen LogP contribution in [0.2, 0.25) is 0 Å². The summed E-state index contributed by atoms with van der Waals surface area (Å²) in [6.45, 7) is 3.21. The van der Waals surface area contributed by atoms with E-state index < -0.39 is 28.2 Å². The number of hydrogen-bond donors (Lipinski definition) is 2. The summed E-state index contributed by atoms with van der Waals surface area (Å²) < 4.78 is 27.8. The predicted octanol–water partition coefficient (Wildman–Crippen LogP) is 0.251. The fourth-order valence-electron chi connectivity index (χ4n) is 1.22. The van der Waals surface area contributed by atoms with Crippen molar-refractivity contribution >= 4 is 16.1 Å². The first-order valence-electron chi connectivity index (χ1n) is 5.22. The van der Waals surface area contributed by atoms with Crippen LogP contribution in [0.5, 0.6) is 0 Å². The Morgan fingerprint density at radius 3 is 2.22 bits per heavy atom. The molecule has 0 aliphatic heterocycles. The lowest BCUT2D eigenvalue weighted by atomic mass is 10.1. The van der Waals surface area contributed by atoms with Crippen LogP contribution in [-0.2, 0) is 19.1 Å². The Bertz CT molecular complexity index is 529. The lowest BCUT2D eigenvalue weighted by Gasteiger charge is -2.16. The highest BCUT2D eigenvalue weighted by molar-refractivity contribution is 7.87. The van der Waals surface area contributed by atoms with Crippen molar-refractivity contribution in [1.82, 2.24) is 0 Å². The molecule has 1 aromatic rings. The molecule has 18 heavy (non-hydrogen) atoms. The van der Waals surface area contributed by atoms with E-state index in [1.807, 2.05) is 6.92 Å².